The minimum Gasteiger partial charge on any atom is -0.493 e. The second kappa shape index (κ2) is 2.99. The van der Waals surface area contributed by atoms with E-state index in [9.17, 15) is 0 Å². The minimum absolute atomic E-state index is 0.198. The van der Waals surface area contributed by atoms with Gasteiger partial charge in [-0.25, -0.2) is 0 Å². The Kier molecular flexibility index (Phi) is 1.84. The molecule has 2 nitrogen and oxygen atoms in total. The molecule has 3 rings (SSSR count). The second-order valence-corrected chi connectivity index (χ2v) is 5.10. The fourth-order valence-corrected chi connectivity index (χ4v) is 2.31. The van der Waals surface area contributed by atoms with Gasteiger partial charge in [0, 0.05) is 12.5 Å². The Balaban J connectivity index is 1.92. The fourth-order valence-electron chi connectivity index (χ4n) is 2.31. The van der Waals surface area contributed by atoms with Crippen LogP contribution in [0.25, 0.3) is 0 Å². The molecule has 2 aliphatic rings. The summed E-state index contributed by atoms with van der Waals surface area (Å²) in [7, 11) is 0. The van der Waals surface area contributed by atoms with Crippen LogP contribution < -0.4 is 10.5 Å². The van der Waals surface area contributed by atoms with Gasteiger partial charge in [-0.15, -0.1) is 0 Å². The molecule has 1 saturated carbocycles. The number of nitrogens with two attached hydrogens (primary N) is 1. The normalized spacial score (nSPS) is 23.1. The molecule has 0 radical (unpaired) electrons. The molecule has 1 fully saturated rings. The van der Waals surface area contributed by atoms with Gasteiger partial charge in [0.05, 0.1) is 6.61 Å². The number of hydrogen-bond acceptors (Lipinski definition) is 2. The van der Waals surface area contributed by atoms with E-state index in [1.54, 1.807) is 0 Å². The zero-order valence-corrected chi connectivity index (χ0v) is 9.12. The lowest BCUT2D eigenvalue weighted by molar-refractivity contribution is 0.356. The smallest absolute Gasteiger partial charge is 0.122 e. The van der Waals surface area contributed by atoms with Crippen molar-refractivity contribution >= 4 is 0 Å². The van der Waals surface area contributed by atoms with Crippen LogP contribution in [0.4, 0.5) is 0 Å². The maximum atomic E-state index is 6.29. The lowest BCUT2D eigenvalue weighted by atomic mass is 9.91. The maximum Gasteiger partial charge on any atom is 0.122 e. The molecule has 1 atom stereocenters. The van der Waals surface area contributed by atoms with Gasteiger partial charge in [-0.3, -0.25) is 0 Å². The van der Waals surface area contributed by atoms with Gasteiger partial charge in [-0.05, 0) is 35.4 Å². The van der Waals surface area contributed by atoms with Gasteiger partial charge < -0.3 is 10.5 Å². The SMILES string of the molecule is CC1(C(N)c2ccc3c(c2)CCO3)CC1. The molecule has 80 valence electrons. The summed E-state index contributed by atoms with van der Waals surface area (Å²) in [5, 5.41) is 0. The van der Waals surface area contributed by atoms with Crippen molar-refractivity contribution in [3.05, 3.63) is 29.3 Å². The molecule has 1 heterocycles. The van der Waals surface area contributed by atoms with Crippen molar-refractivity contribution in [1.82, 2.24) is 0 Å². The first kappa shape index (κ1) is 9.22. The molecule has 1 aromatic rings. The molecular weight excluding hydrogens is 186 g/mol. The molecule has 1 aromatic carbocycles. The molecule has 0 amide bonds. The van der Waals surface area contributed by atoms with Crippen LogP contribution in [0.15, 0.2) is 18.2 Å². The zero-order chi connectivity index (χ0) is 10.5. The molecule has 1 aliphatic carbocycles. The van der Waals surface area contributed by atoms with Crippen LogP contribution in [0.5, 0.6) is 5.75 Å². The minimum atomic E-state index is 0.198. The number of ether oxygens (including phenoxy) is 1. The monoisotopic (exact) mass is 203 g/mol. The quantitative estimate of drug-likeness (QED) is 0.801. The molecule has 1 aliphatic heterocycles. The Morgan fingerprint density at radius 3 is 2.93 bits per heavy atom. The third-order valence-electron chi connectivity index (χ3n) is 3.86. The number of hydrogen-bond donors (Lipinski definition) is 1. The largest absolute Gasteiger partial charge is 0.493 e. The standard InChI is InChI=1S/C13H17NO/c1-13(5-6-13)12(14)10-2-3-11-9(8-10)4-7-15-11/h2-3,8,12H,4-7,14H2,1H3. The summed E-state index contributed by atoms with van der Waals surface area (Å²) >= 11 is 0. The summed E-state index contributed by atoms with van der Waals surface area (Å²) < 4.78 is 5.49. The van der Waals surface area contributed by atoms with E-state index < -0.39 is 0 Å². The highest BCUT2D eigenvalue weighted by molar-refractivity contribution is 5.41. The van der Waals surface area contributed by atoms with Gasteiger partial charge in [0.1, 0.15) is 5.75 Å². The van der Waals surface area contributed by atoms with Gasteiger partial charge in [0.15, 0.2) is 0 Å². The Labute approximate surface area is 90.4 Å². The van der Waals surface area contributed by atoms with Crippen LogP contribution in [0.2, 0.25) is 0 Å². The first-order chi connectivity index (χ1) is 7.19. The second-order valence-electron chi connectivity index (χ2n) is 5.10. The van der Waals surface area contributed by atoms with E-state index in [0.29, 0.717) is 5.41 Å². The van der Waals surface area contributed by atoms with E-state index in [1.807, 2.05) is 0 Å². The predicted molar refractivity (Wildman–Crippen MR) is 59.9 cm³/mol. The lowest BCUT2D eigenvalue weighted by Crippen LogP contribution is -2.20. The fraction of sp³-hybridized carbons (Fsp3) is 0.538. The summed E-state index contributed by atoms with van der Waals surface area (Å²) in [6.07, 6.45) is 3.57. The molecule has 2 N–H and O–H groups in total. The molecule has 0 spiro atoms. The molecule has 15 heavy (non-hydrogen) atoms. The third kappa shape index (κ3) is 1.44. The number of benzene rings is 1. The van der Waals surface area contributed by atoms with Gasteiger partial charge in [-0.1, -0.05) is 19.1 Å². The van der Waals surface area contributed by atoms with Crippen molar-refractivity contribution in [2.45, 2.75) is 32.2 Å². The van der Waals surface area contributed by atoms with Gasteiger partial charge in [0.2, 0.25) is 0 Å². The summed E-state index contributed by atoms with van der Waals surface area (Å²) in [4.78, 5) is 0. The Morgan fingerprint density at radius 2 is 2.20 bits per heavy atom. The molecule has 0 saturated heterocycles. The van der Waals surface area contributed by atoms with Crippen molar-refractivity contribution < 1.29 is 4.74 Å². The first-order valence-corrected chi connectivity index (χ1v) is 5.70. The van der Waals surface area contributed by atoms with E-state index in [1.165, 1.54) is 24.0 Å². The summed E-state index contributed by atoms with van der Waals surface area (Å²) in [6, 6.07) is 6.63. The van der Waals surface area contributed by atoms with E-state index in [4.69, 9.17) is 10.5 Å². The van der Waals surface area contributed by atoms with Gasteiger partial charge >= 0.3 is 0 Å². The first-order valence-electron chi connectivity index (χ1n) is 5.70. The number of rotatable bonds is 2. The Bertz CT molecular complexity index is 396. The summed E-state index contributed by atoms with van der Waals surface area (Å²) in [6.45, 7) is 3.10. The maximum absolute atomic E-state index is 6.29. The van der Waals surface area contributed by atoms with Crippen LogP contribution in [0.3, 0.4) is 0 Å². The van der Waals surface area contributed by atoms with Gasteiger partial charge in [0.25, 0.3) is 0 Å². The van der Waals surface area contributed by atoms with Crippen molar-refractivity contribution in [2.24, 2.45) is 11.1 Å². The Hall–Kier alpha value is -1.02. The highest BCUT2D eigenvalue weighted by Crippen LogP contribution is 2.53. The molecule has 0 bridgehead atoms. The van der Waals surface area contributed by atoms with Crippen LogP contribution in [0.1, 0.15) is 36.9 Å². The van der Waals surface area contributed by atoms with Crippen molar-refractivity contribution in [1.29, 1.82) is 0 Å². The highest BCUT2D eigenvalue weighted by atomic mass is 16.5. The van der Waals surface area contributed by atoms with Crippen molar-refractivity contribution in [3.63, 3.8) is 0 Å². The van der Waals surface area contributed by atoms with E-state index in [-0.39, 0.29) is 6.04 Å². The lowest BCUT2D eigenvalue weighted by Gasteiger charge is -2.19. The van der Waals surface area contributed by atoms with Crippen molar-refractivity contribution in [3.8, 4) is 5.75 Å². The highest BCUT2D eigenvalue weighted by Gasteiger charge is 2.43. The van der Waals surface area contributed by atoms with E-state index >= 15 is 0 Å². The van der Waals surface area contributed by atoms with Crippen LogP contribution >= 0.6 is 0 Å². The van der Waals surface area contributed by atoms with Crippen LogP contribution in [-0.2, 0) is 6.42 Å². The van der Waals surface area contributed by atoms with Crippen molar-refractivity contribution in [2.75, 3.05) is 6.61 Å². The zero-order valence-electron chi connectivity index (χ0n) is 9.12. The predicted octanol–water partition coefficient (Wildman–Crippen LogP) is 2.42. The molecule has 2 heteroatoms. The van der Waals surface area contributed by atoms with E-state index in [2.05, 4.69) is 25.1 Å². The third-order valence-corrected chi connectivity index (χ3v) is 3.86. The molecular formula is C13H17NO. The van der Waals surface area contributed by atoms with Crippen LogP contribution in [0, 0.1) is 5.41 Å². The Morgan fingerprint density at radius 1 is 1.40 bits per heavy atom. The summed E-state index contributed by atoms with van der Waals surface area (Å²) in [5.41, 5.74) is 9.25. The van der Waals surface area contributed by atoms with Gasteiger partial charge in [-0.2, -0.15) is 0 Å². The van der Waals surface area contributed by atoms with Crippen LogP contribution in [-0.4, -0.2) is 6.61 Å². The average Bonchev–Trinajstić information content (AvgIpc) is 2.82. The van der Waals surface area contributed by atoms with E-state index in [0.717, 1.165) is 18.8 Å². The average molecular weight is 203 g/mol. The molecule has 1 unspecified atom stereocenters. The topological polar surface area (TPSA) is 35.2 Å². The number of fused-ring (bicyclic) bond motifs is 1. The molecule has 0 aromatic heterocycles. The summed E-state index contributed by atoms with van der Waals surface area (Å²) in [5.74, 6) is 1.05.